The van der Waals surface area contributed by atoms with E-state index in [1.165, 1.54) is 51.2 Å². The van der Waals surface area contributed by atoms with E-state index in [-0.39, 0.29) is 50.7 Å². The number of hydrogen-bond acceptors (Lipinski definition) is 17. The molecule has 1 aliphatic carbocycles. The summed E-state index contributed by atoms with van der Waals surface area (Å²) >= 11 is 0. The number of primary amides is 1. The van der Waals surface area contributed by atoms with Gasteiger partial charge in [0.25, 0.3) is 0 Å². The first kappa shape index (κ1) is 65.3. The molecule has 82 heavy (non-hydrogen) atoms. The molecule has 26 nitrogen and oxygen atoms in total. The van der Waals surface area contributed by atoms with Gasteiger partial charge in [0.2, 0.25) is 53.2 Å². The summed E-state index contributed by atoms with van der Waals surface area (Å²) in [6.07, 6.45) is -7.46. The Morgan fingerprint density at radius 1 is 0.780 bits per heavy atom. The number of aliphatic hydroxyl groups is 5. The monoisotopic (exact) mass is 1150 g/mol. The van der Waals surface area contributed by atoms with Crippen molar-refractivity contribution in [1.82, 2.24) is 41.7 Å². The predicted molar refractivity (Wildman–Crippen MR) is 291 cm³/mol. The van der Waals surface area contributed by atoms with E-state index in [4.69, 9.17) is 10.5 Å². The Morgan fingerprint density at radius 2 is 1.45 bits per heavy atom. The van der Waals surface area contributed by atoms with Gasteiger partial charge < -0.3 is 82.8 Å². The maximum Gasteiger partial charge on any atom is 0.329 e. The number of benzene rings is 2. The number of esters is 1. The van der Waals surface area contributed by atoms with Crippen molar-refractivity contribution in [2.75, 3.05) is 7.05 Å². The molecule has 0 aromatic heterocycles. The van der Waals surface area contributed by atoms with Crippen LogP contribution in [0.5, 0.6) is 5.75 Å². The largest absolute Gasteiger partial charge is 0.508 e. The Bertz CT molecular complexity index is 2620. The Balaban J connectivity index is 1.58. The van der Waals surface area contributed by atoms with Gasteiger partial charge in [0.1, 0.15) is 72.5 Å². The molecule has 16 atom stereocenters. The number of phenolic OH excluding ortho intramolecular Hbond substituents is 1. The number of aromatic hydroxyl groups is 1. The zero-order chi connectivity index (χ0) is 60.7. The molecule has 2 heterocycles. The van der Waals surface area contributed by atoms with Crippen LogP contribution in [0.15, 0.2) is 66.7 Å². The summed E-state index contributed by atoms with van der Waals surface area (Å²) in [6, 6.07) is 0.521. The van der Waals surface area contributed by atoms with Crippen LogP contribution in [0.25, 0.3) is 0 Å². The van der Waals surface area contributed by atoms with Crippen molar-refractivity contribution >= 4 is 59.1 Å². The summed E-state index contributed by atoms with van der Waals surface area (Å²) in [5.74, 6) is -11.9. The van der Waals surface area contributed by atoms with E-state index in [0.717, 1.165) is 16.7 Å². The maximum absolute atomic E-state index is 15.0. The van der Waals surface area contributed by atoms with E-state index in [9.17, 15) is 78.6 Å². The lowest BCUT2D eigenvalue weighted by Gasteiger charge is -2.43. The molecule has 2 aliphatic heterocycles. The van der Waals surface area contributed by atoms with Crippen molar-refractivity contribution < 1.29 is 83.3 Å². The SMILES string of the molecule is CC[C@H](C)[C@@H]1NC(=O)[C@H](Cc2ccccc2)N(C)C(=O)[C@H]([C@@H](C)O)N2C(=O)[C@@H](CC[C@H]2O)NC(=O)[C@@H](C[C@@H]2C=C[C@H](O)CC2)NC(=O)[C@H](NC(=O)[C@H](CCC(N)=O)NC(=O)[C@@H](NC(=O)[C@H](O)Cc2ccc(O)cc2)[C@@H](C)O)[C@@H](C)OC1=O. The number of nitrogens with one attached hydrogen (secondary N) is 6. The number of amides is 9. The average molecular weight is 1150 g/mol. The number of hydrogen-bond donors (Lipinski definition) is 13. The van der Waals surface area contributed by atoms with E-state index in [0.29, 0.717) is 17.5 Å². The Morgan fingerprint density at radius 3 is 2.05 bits per heavy atom. The van der Waals surface area contributed by atoms with Crippen LogP contribution in [-0.2, 0) is 65.5 Å². The number of nitrogens with two attached hydrogens (primary N) is 1. The van der Waals surface area contributed by atoms with Crippen LogP contribution in [-0.4, -0.2) is 192 Å². The summed E-state index contributed by atoms with van der Waals surface area (Å²) in [4.78, 5) is 144. The number of cyclic esters (lactones) is 1. The molecule has 14 N–H and O–H groups in total. The van der Waals surface area contributed by atoms with Gasteiger partial charge >= 0.3 is 5.97 Å². The first-order valence-corrected chi connectivity index (χ1v) is 27.5. The fourth-order valence-electron chi connectivity index (χ4n) is 9.96. The van der Waals surface area contributed by atoms with Gasteiger partial charge in [-0.2, -0.15) is 0 Å². The Hall–Kier alpha value is -7.52. The molecule has 2 bridgehead atoms. The van der Waals surface area contributed by atoms with E-state index in [1.54, 1.807) is 50.3 Å². The second-order valence-electron chi connectivity index (χ2n) is 21.5. The van der Waals surface area contributed by atoms with Crippen LogP contribution in [0.4, 0.5) is 0 Å². The summed E-state index contributed by atoms with van der Waals surface area (Å²) in [5, 5.41) is 78.9. The summed E-state index contributed by atoms with van der Waals surface area (Å²) < 4.78 is 5.94. The zero-order valence-electron chi connectivity index (χ0n) is 46.8. The average Bonchev–Trinajstić information content (AvgIpc) is 3.52. The third kappa shape index (κ3) is 17.7. The number of phenols is 1. The number of allylic oxidation sites excluding steroid dienone is 1. The van der Waals surface area contributed by atoms with Crippen molar-refractivity contribution in [2.24, 2.45) is 17.6 Å². The minimum absolute atomic E-state index is 0.0723. The molecule has 3 aliphatic rings. The first-order valence-electron chi connectivity index (χ1n) is 27.5. The van der Waals surface area contributed by atoms with Gasteiger partial charge in [0.15, 0.2) is 0 Å². The highest BCUT2D eigenvalue weighted by molar-refractivity contribution is 5.99. The lowest BCUT2D eigenvalue weighted by molar-refractivity contribution is -0.170. The number of aliphatic hydroxyl groups excluding tert-OH is 5. The molecule has 26 heteroatoms. The number of fused-ring (bicyclic) bond motifs is 2. The van der Waals surface area contributed by atoms with Crippen molar-refractivity contribution in [3.05, 3.63) is 77.9 Å². The van der Waals surface area contributed by atoms with Crippen molar-refractivity contribution in [3.8, 4) is 5.75 Å². The smallest absolute Gasteiger partial charge is 0.329 e. The van der Waals surface area contributed by atoms with Crippen LogP contribution in [0.1, 0.15) is 97.1 Å². The molecule has 2 fully saturated rings. The van der Waals surface area contributed by atoms with Gasteiger partial charge in [-0.25, -0.2) is 4.79 Å². The highest BCUT2D eigenvalue weighted by Crippen LogP contribution is 2.27. The molecular weight excluding hydrogens is 1070 g/mol. The normalized spacial score (nSPS) is 27.3. The molecule has 450 valence electrons. The van der Waals surface area contributed by atoms with Crippen molar-refractivity contribution in [1.29, 1.82) is 0 Å². The van der Waals surface area contributed by atoms with Crippen molar-refractivity contribution in [3.63, 3.8) is 0 Å². The van der Waals surface area contributed by atoms with Crippen molar-refractivity contribution in [2.45, 2.75) is 184 Å². The van der Waals surface area contributed by atoms with Gasteiger partial charge in [-0.05, 0) is 94.4 Å². The number of likely N-dealkylation sites (N-methyl/N-ethyl adjacent to an activating group) is 1. The third-order valence-electron chi connectivity index (χ3n) is 15.1. The van der Waals surface area contributed by atoms with Crippen LogP contribution < -0.4 is 37.6 Å². The second-order valence-corrected chi connectivity index (χ2v) is 21.5. The fourth-order valence-corrected chi connectivity index (χ4v) is 9.96. The van der Waals surface area contributed by atoms with Crippen LogP contribution in [0.2, 0.25) is 0 Å². The Kier molecular flexibility index (Phi) is 23.9. The van der Waals surface area contributed by atoms with E-state index in [1.807, 2.05) is 0 Å². The van der Waals surface area contributed by atoms with Crippen LogP contribution in [0, 0.1) is 11.8 Å². The minimum Gasteiger partial charge on any atom is -0.508 e. The molecule has 0 saturated carbocycles. The zero-order valence-corrected chi connectivity index (χ0v) is 46.8. The highest BCUT2D eigenvalue weighted by atomic mass is 16.5. The molecule has 9 amide bonds. The number of rotatable bonds is 19. The molecule has 5 rings (SSSR count). The Labute approximate surface area is 474 Å². The molecule has 0 unspecified atom stereocenters. The number of nitrogens with zero attached hydrogens (tertiary/aromatic N) is 2. The van der Waals surface area contributed by atoms with Gasteiger partial charge in [0, 0.05) is 26.3 Å². The number of carbonyl (C=O) groups excluding carboxylic acids is 10. The summed E-state index contributed by atoms with van der Waals surface area (Å²) in [6.45, 7) is 6.86. The molecule has 0 spiro atoms. The van der Waals surface area contributed by atoms with Gasteiger partial charge in [-0.3, -0.25) is 43.2 Å². The highest BCUT2D eigenvalue weighted by Gasteiger charge is 2.48. The molecule has 0 radical (unpaired) electrons. The number of piperidine rings is 1. The van der Waals surface area contributed by atoms with Crippen LogP contribution >= 0.6 is 0 Å². The number of carbonyl (C=O) groups is 10. The third-order valence-corrected chi connectivity index (χ3v) is 15.1. The van der Waals surface area contributed by atoms with Gasteiger partial charge in [-0.15, -0.1) is 0 Å². The van der Waals surface area contributed by atoms with E-state index < -0.39 is 169 Å². The van der Waals surface area contributed by atoms with Gasteiger partial charge in [-0.1, -0.05) is 74.9 Å². The lowest BCUT2D eigenvalue weighted by Crippen LogP contribution is -2.67. The lowest BCUT2D eigenvalue weighted by atomic mass is 9.88. The molecule has 2 saturated heterocycles. The second kappa shape index (κ2) is 30.0. The molecular formula is C56H79N9O17. The quantitative estimate of drug-likeness (QED) is 0.0504. The predicted octanol–water partition coefficient (Wildman–Crippen LogP) is -2.68. The number of ether oxygens (including phenoxy) is 1. The summed E-state index contributed by atoms with van der Waals surface area (Å²) in [5.41, 5.74) is 6.45. The first-order chi connectivity index (χ1) is 38.7. The van der Waals surface area contributed by atoms with Gasteiger partial charge in [0.05, 0.1) is 18.3 Å². The van der Waals surface area contributed by atoms with Crippen LogP contribution in [0.3, 0.4) is 0 Å². The minimum atomic E-state index is -2.00. The topological polar surface area (TPSA) is 406 Å². The maximum atomic E-state index is 15.0. The summed E-state index contributed by atoms with van der Waals surface area (Å²) in [7, 11) is 1.26. The fraction of sp³-hybridized carbons (Fsp3) is 0.571. The van der Waals surface area contributed by atoms with E-state index >= 15 is 0 Å². The molecule has 2 aromatic rings. The van der Waals surface area contributed by atoms with E-state index in [2.05, 4.69) is 31.9 Å². The standard InChI is InChI=1S/C56H79N9O17/c1-7-28(2)44-56(81)82-31(5)46(63-48(73)37(21-23-42(57)71)58-52(77)45(29(3)66)62-51(76)41(70)27-34-15-19-36(69)20-16-34)53(78)60-39(25-33-13-17-35(68)18-14-33)49(74)59-38-22-24-43(72)65(54(38)79)47(30(4)67)55(80)64(6)40(50(75)61-44)26-32-11-9-8-10-12-32/h8-13,15-17,19-20,28-31,33,35,37-41,43-47,66-70,72H,7,14,18,21-27H2,1-6H3,(H2,57,71)(H,58,77)(H,59,74)(H,60,78)(H,61,75)(H,62,76)(H,63,73)/t28-,29+,30+,31+,33+,35-,37-,38+,39+,40-,41+,43+,44-,45-,46+,47-/m0/s1. The molecule has 2 aromatic carbocycles.